The molecule has 0 bridgehead atoms. The van der Waals surface area contributed by atoms with E-state index in [1.165, 1.54) is 11.8 Å². The van der Waals surface area contributed by atoms with Crippen molar-refractivity contribution in [3.05, 3.63) is 64.7 Å². The number of benzene rings is 2. The molecule has 6 heteroatoms. The summed E-state index contributed by atoms with van der Waals surface area (Å²) in [5.74, 6) is -0.789. The zero-order valence-corrected chi connectivity index (χ0v) is 14.0. The van der Waals surface area contributed by atoms with Crippen molar-refractivity contribution in [3.8, 4) is 0 Å². The van der Waals surface area contributed by atoms with Gasteiger partial charge in [0, 0.05) is 30.2 Å². The van der Waals surface area contributed by atoms with Crippen LogP contribution in [0.3, 0.4) is 0 Å². The van der Waals surface area contributed by atoms with Gasteiger partial charge in [0.1, 0.15) is 6.10 Å². The van der Waals surface area contributed by atoms with E-state index < -0.39 is 17.6 Å². The van der Waals surface area contributed by atoms with Crippen molar-refractivity contribution in [3.63, 3.8) is 0 Å². The Morgan fingerprint density at radius 3 is 2.46 bits per heavy atom. The first-order valence-corrected chi connectivity index (χ1v) is 7.85. The van der Waals surface area contributed by atoms with E-state index in [0.29, 0.717) is 21.8 Å². The average Bonchev–Trinajstić information content (AvgIpc) is 2.78. The van der Waals surface area contributed by atoms with Crippen LogP contribution >= 0.6 is 11.6 Å². The maximum absolute atomic E-state index is 13.0. The second-order valence-electron chi connectivity index (χ2n) is 5.82. The van der Waals surface area contributed by atoms with Crippen LogP contribution in [0.2, 0.25) is 5.02 Å². The van der Waals surface area contributed by atoms with E-state index in [9.17, 15) is 14.7 Å². The van der Waals surface area contributed by atoms with Gasteiger partial charge in [-0.15, -0.1) is 0 Å². The van der Waals surface area contributed by atoms with Gasteiger partial charge in [-0.2, -0.15) is 0 Å². The zero-order chi connectivity index (χ0) is 17.5. The van der Waals surface area contributed by atoms with Crippen LogP contribution in [0.1, 0.15) is 24.2 Å². The predicted molar refractivity (Wildman–Crippen MR) is 91.8 cm³/mol. The standard InChI is InChI=1S/C18H17ClN2O3/c1-11(22)20-18(16(23)12-7-9-13(19)10-8-12)14-5-3-4-6-15(14)21(2)17(18)24/h3-10,16,23H,1-2H3,(H,20,22)/t16-,18+/m1/s1. The van der Waals surface area contributed by atoms with E-state index in [0.717, 1.165) is 0 Å². The van der Waals surface area contributed by atoms with Gasteiger partial charge in [0.2, 0.25) is 5.91 Å². The SMILES string of the molecule is CC(=O)N[C@@]1([C@H](O)c2ccc(Cl)cc2)C(=O)N(C)c2ccccc21. The number of nitrogens with zero attached hydrogens (tertiary/aromatic N) is 1. The molecule has 0 spiro atoms. The van der Waals surface area contributed by atoms with Crippen molar-refractivity contribution < 1.29 is 14.7 Å². The van der Waals surface area contributed by atoms with Gasteiger partial charge in [0.05, 0.1) is 0 Å². The third-order valence-corrected chi connectivity index (χ3v) is 4.55. The van der Waals surface area contributed by atoms with Crippen molar-refractivity contribution in [1.82, 2.24) is 5.32 Å². The Morgan fingerprint density at radius 1 is 1.21 bits per heavy atom. The van der Waals surface area contributed by atoms with Crippen LogP contribution in [0.5, 0.6) is 0 Å². The van der Waals surface area contributed by atoms with Crippen LogP contribution in [-0.4, -0.2) is 24.0 Å². The molecule has 24 heavy (non-hydrogen) atoms. The molecule has 0 radical (unpaired) electrons. The van der Waals surface area contributed by atoms with E-state index in [-0.39, 0.29) is 5.91 Å². The number of anilines is 1. The molecule has 0 saturated carbocycles. The minimum atomic E-state index is -1.56. The predicted octanol–water partition coefficient (Wildman–Crippen LogP) is 2.38. The summed E-state index contributed by atoms with van der Waals surface area (Å²) < 4.78 is 0. The molecule has 0 saturated heterocycles. The third-order valence-electron chi connectivity index (χ3n) is 4.30. The second kappa shape index (κ2) is 5.92. The van der Waals surface area contributed by atoms with Crippen molar-refractivity contribution >= 4 is 29.1 Å². The summed E-state index contributed by atoms with van der Waals surface area (Å²) in [6.45, 7) is 1.32. The number of aliphatic hydroxyl groups is 1. The lowest BCUT2D eigenvalue weighted by molar-refractivity contribution is -0.135. The summed E-state index contributed by atoms with van der Waals surface area (Å²) in [5, 5.41) is 14.3. The van der Waals surface area contributed by atoms with Gasteiger partial charge in [0.25, 0.3) is 5.91 Å². The van der Waals surface area contributed by atoms with Crippen LogP contribution < -0.4 is 10.2 Å². The quantitative estimate of drug-likeness (QED) is 0.898. The maximum atomic E-state index is 13.0. The topological polar surface area (TPSA) is 69.6 Å². The fourth-order valence-corrected chi connectivity index (χ4v) is 3.34. The number of nitrogens with one attached hydrogen (secondary N) is 1. The molecule has 2 aromatic carbocycles. The molecule has 2 atom stereocenters. The molecule has 1 heterocycles. The van der Waals surface area contributed by atoms with Gasteiger partial charge in [0.15, 0.2) is 5.54 Å². The molecule has 5 nitrogen and oxygen atoms in total. The van der Waals surface area contributed by atoms with Gasteiger partial charge < -0.3 is 15.3 Å². The van der Waals surface area contributed by atoms with E-state index in [4.69, 9.17) is 11.6 Å². The average molecular weight is 345 g/mol. The number of hydrogen-bond donors (Lipinski definition) is 2. The summed E-state index contributed by atoms with van der Waals surface area (Å²) in [7, 11) is 1.62. The fourth-order valence-electron chi connectivity index (χ4n) is 3.21. The molecule has 124 valence electrons. The molecular formula is C18H17ClN2O3. The van der Waals surface area contributed by atoms with Gasteiger partial charge in [-0.25, -0.2) is 0 Å². The van der Waals surface area contributed by atoms with Crippen molar-refractivity contribution in [2.75, 3.05) is 11.9 Å². The number of carbonyl (C=O) groups excluding carboxylic acids is 2. The molecule has 0 fully saturated rings. The summed E-state index contributed by atoms with van der Waals surface area (Å²) >= 11 is 5.90. The summed E-state index contributed by atoms with van der Waals surface area (Å²) in [6.07, 6.45) is -1.25. The Bertz CT molecular complexity index is 806. The maximum Gasteiger partial charge on any atom is 0.260 e. The Hall–Kier alpha value is -2.37. The van der Waals surface area contributed by atoms with Crippen LogP contribution in [0, 0.1) is 0 Å². The summed E-state index contributed by atoms with van der Waals surface area (Å²) in [6, 6.07) is 13.7. The van der Waals surface area contributed by atoms with Crippen molar-refractivity contribution in [2.24, 2.45) is 0 Å². The molecule has 0 unspecified atom stereocenters. The Labute approximate surface area is 144 Å². The van der Waals surface area contributed by atoms with Crippen LogP contribution in [0.25, 0.3) is 0 Å². The number of fused-ring (bicyclic) bond motifs is 1. The van der Waals surface area contributed by atoms with Gasteiger partial charge >= 0.3 is 0 Å². The largest absolute Gasteiger partial charge is 0.385 e. The highest BCUT2D eigenvalue weighted by Crippen LogP contribution is 2.46. The van der Waals surface area contributed by atoms with E-state index in [1.54, 1.807) is 55.6 Å². The smallest absolute Gasteiger partial charge is 0.260 e. The van der Waals surface area contributed by atoms with E-state index in [1.807, 2.05) is 0 Å². The number of amides is 2. The molecular weight excluding hydrogens is 328 g/mol. The monoisotopic (exact) mass is 344 g/mol. The number of rotatable bonds is 3. The number of hydrogen-bond acceptors (Lipinski definition) is 3. The van der Waals surface area contributed by atoms with Crippen molar-refractivity contribution in [1.29, 1.82) is 0 Å². The highest BCUT2D eigenvalue weighted by molar-refractivity contribution is 6.30. The molecule has 0 aromatic heterocycles. The first-order valence-electron chi connectivity index (χ1n) is 7.48. The highest BCUT2D eigenvalue weighted by atomic mass is 35.5. The van der Waals surface area contributed by atoms with Gasteiger partial charge in [-0.3, -0.25) is 9.59 Å². The Balaban J connectivity index is 2.20. The number of halogens is 1. The third kappa shape index (κ3) is 2.37. The first kappa shape index (κ1) is 16.5. The Morgan fingerprint density at radius 2 is 1.83 bits per heavy atom. The van der Waals surface area contributed by atoms with Crippen LogP contribution in [-0.2, 0) is 15.1 Å². The normalized spacial score (nSPS) is 20.7. The zero-order valence-electron chi connectivity index (χ0n) is 13.3. The Kier molecular flexibility index (Phi) is 4.07. The van der Waals surface area contributed by atoms with Gasteiger partial charge in [-0.05, 0) is 23.8 Å². The number of para-hydroxylation sites is 1. The van der Waals surface area contributed by atoms with Gasteiger partial charge in [-0.1, -0.05) is 41.9 Å². The lowest BCUT2D eigenvalue weighted by Gasteiger charge is -2.34. The lowest BCUT2D eigenvalue weighted by Crippen LogP contribution is -2.55. The molecule has 0 aliphatic carbocycles. The summed E-state index contributed by atoms with van der Waals surface area (Å²) in [4.78, 5) is 26.3. The molecule has 1 aliphatic rings. The molecule has 2 N–H and O–H groups in total. The fraction of sp³-hybridized carbons (Fsp3) is 0.222. The second-order valence-corrected chi connectivity index (χ2v) is 6.26. The minimum Gasteiger partial charge on any atom is -0.385 e. The molecule has 3 rings (SSSR count). The van der Waals surface area contributed by atoms with Crippen molar-refractivity contribution in [2.45, 2.75) is 18.6 Å². The summed E-state index contributed by atoms with van der Waals surface area (Å²) in [5.41, 5.74) is 0.149. The molecule has 2 amide bonds. The van der Waals surface area contributed by atoms with E-state index >= 15 is 0 Å². The molecule has 1 aliphatic heterocycles. The number of aliphatic hydroxyl groups excluding tert-OH is 1. The van der Waals surface area contributed by atoms with E-state index in [2.05, 4.69) is 5.32 Å². The lowest BCUT2D eigenvalue weighted by atomic mass is 9.82. The first-order chi connectivity index (χ1) is 11.4. The highest BCUT2D eigenvalue weighted by Gasteiger charge is 2.55. The number of likely N-dealkylation sites (N-methyl/N-ethyl adjacent to an activating group) is 1. The minimum absolute atomic E-state index is 0.388. The molecule has 2 aromatic rings. The van der Waals surface area contributed by atoms with Crippen LogP contribution in [0.15, 0.2) is 48.5 Å². The van der Waals surface area contributed by atoms with Crippen LogP contribution in [0.4, 0.5) is 5.69 Å². The number of carbonyl (C=O) groups is 2.